The highest BCUT2D eigenvalue weighted by molar-refractivity contribution is 7.92. The van der Waals surface area contributed by atoms with Crippen LogP contribution in [0.2, 0.25) is 0 Å². The molecule has 0 unspecified atom stereocenters. The molecular formula is C20H26N2O5S. The van der Waals surface area contributed by atoms with E-state index in [1.54, 1.807) is 36.4 Å². The van der Waals surface area contributed by atoms with Gasteiger partial charge in [0.25, 0.3) is 0 Å². The van der Waals surface area contributed by atoms with Crippen LogP contribution in [0, 0.1) is 6.92 Å². The van der Waals surface area contributed by atoms with Gasteiger partial charge in [-0.3, -0.25) is 9.10 Å². The molecule has 0 bridgehead atoms. The number of carbonyl (C=O) groups is 1. The van der Waals surface area contributed by atoms with Gasteiger partial charge in [-0.25, -0.2) is 8.42 Å². The number of nitrogens with one attached hydrogen (secondary N) is 1. The number of ether oxygens (including phenoxy) is 2. The Hall–Kier alpha value is -2.74. The summed E-state index contributed by atoms with van der Waals surface area (Å²) >= 11 is 0. The SMILES string of the molecule is CCOc1ccccc1NC(=O)[C@@H](C)N(c1cc(C)ccc1OC)S(C)(=O)=O. The van der Waals surface area contributed by atoms with Crippen LogP contribution in [-0.2, 0) is 14.8 Å². The molecule has 1 amide bonds. The van der Waals surface area contributed by atoms with Crippen LogP contribution < -0.4 is 19.1 Å². The molecule has 0 aliphatic rings. The zero-order chi connectivity index (χ0) is 20.9. The molecule has 0 heterocycles. The molecule has 1 N–H and O–H groups in total. The van der Waals surface area contributed by atoms with Gasteiger partial charge >= 0.3 is 0 Å². The maximum atomic E-state index is 12.9. The molecule has 0 spiro atoms. The first-order valence-electron chi connectivity index (χ1n) is 8.85. The quantitative estimate of drug-likeness (QED) is 0.728. The predicted octanol–water partition coefficient (Wildman–Crippen LogP) is 3.20. The molecule has 2 rings (SSSR count). The summed E-state index contributed by atoms with van der Waals surface area (Å²) in [7, 11) is -2.31. The first-order valence-corrected chi connectivity index (χ1v) is 10.7. The third kappa shape index (κ3) is 4.95. The molecule has 2 aromatic rings. The lowest BCUT2D eigenvalue weighted by Gasteiger charge is -2.29. The molecule has 0 aromatic heterocycles. The molecule has 0 saturated heterocycles. The number of carbonyl (C=O) groups excluding carboxylic acids is 1. The molecule has 2 aromatic carbocycles. The highest BCUT2D eigenvalue weighted by atomic mass is 32.2. The van der Waals surface area contributed by atoms with Crippen LogP contribution in [0.3, 0.4) is 0 Å². The highest BCUT2D eigenvalue weighted by Gasteiger charge is 2.31. The maximum absolute atomic E-state index is 12.9. The van der Waals surface area contributed by atoms with Crippen molar-refractivity contribution < 1.29 is 22.7 Å². The van der Waals surface area contributed by atoms with E-state index in [9.17, 15) is 13.2 Å². The minimum absolute atomic E-state index is 0.311. The van der Waals surface area contributed by atoms with Crippen molar-refractivity contribution in [1.29, 1.82) is 0 Å². The molecule has 7 nitrogen and oxygen atoms in total. The average molecular weight is 407 g/mol. The van der Waals surface area contributed by atoms with Gasteiger partial charge in [0.2, 0.25) is 15.9 Å². The largest absolute Gasteiger partial charge is 0.495 e. The van der Waals surface area contributed by atoms with Crippen LogP contribution in [0.4, 0.5) is 11.4 Å². The second-order valence-corrected chi connectivity index (χ2v) is 8.19. The van der Waals surface area contributed by atoms with E-state index < -0.39 is 22.0 Å². The normalized spacial score (nSPS) is 12.2. The number of nitrogens with zero attached hydrogens (tertiary/aromatic N) is 1. The fourth-order valence-electron chi connectivity index (χ4n) is 2.84. The van der Waals surface area contributed by atoms with Crippen LogP contribution in [-0.4, -0.2) is 40.3 Å². The van der Waals surface area contributed by atoms with E-state index in [1.807, 2.05) is 19.9 Å². The van der Waals surface area contributed by atoms with Gasteiger partial charge in [-0.2, -0.15) is 0 Å². The number of sulfonamides is 1. The summed E-state index contributed by atoms with van der Waals surface area (Å²) < 4.78 is 37.0. The highest BCUT2D eigenvalue weighted by Crippen LogP contribution is 2.33. The summed E-state index contributed by atoms with van der Waals surface area (Å²) in [6.45, 7) is 5.66. The summed E-state index contributed by atoms with van der Waals surface area (Å²) in [6.07, 6.45) is 1.06. The topological polar surface area (TPSA) is 84.9 Å². The second kappa shape index (κ2) is 8.97. The number of rotatable bonds is 8. The third-order valence-electron chi connectivity index (χ3n) is 4.11. The number of para-hydroxylation sites is 2. The number of hydrogen-bond acceptors (Lipinski definition) is 5. The number of methoxy groups -OCH3 is 1. The van der Waals surface area contributed by atoms with E-state index in [4.69, 9.17) is 9.47 Å². The number of amides is 1. The van der Waals surface area contributed by atoms with E-state index in [1.165, 1.54) is 14.0 Å². The van der Waals surface area contributed by atoms with Gasteiger partial charge in [0.05, 0.1) is 31.3 Å². The smallest absolute Gasteiger partial charge is 0.248 e. The van der Waals surface area contributed by atoms with Crippen LogP contribution >= 0.6 is 0 Å². The van der Waals surface area contributed by atoms with Crippen molar-refractivity contribution in [2.24, 2.45) is 0 Å². The third-order valence-corrected chi connectivity index (χ3v) is 5.33. The van der Waals surface area contributed by atoms with Gasteiger partial charge in [-0.1, -0.05) is 18.2 Å². The Morgan fingerprint density at radius 1 is 1.18 bits per heavy atom. The van der Waals surface area contributed by atoms with Gasteiger partial charge in [0.15, 0.2) is 0 Å². The van der Waals surface area contributed by atoms with Gasteiger partial charge in [0, 0.05) is 0 Å². The van der Waals surface area contributed by atoms with E-state index >= 15 is 0 Å². The summed E-state index contributed by atoms with van der Waals surface area (Å²) in [5.74, 6) is 0.399. The summed E-state index contributed by atoms with van der Waals surface area (Å²) in [5, 5.41) is 2.76. The van der Waals surface area contributed by atoms with Gasteiger partial charge in [-0.15, -0.1) is 0 Å². The van der Waals surface area contributed by atoms with E-state index in [0.29, 0.717) is 29.5 Å². The van der Waals surface area contributed by atoms with Crippen LogP contribution in [0.15, 0.2) is 42.5 Å². The van der Waals surface area contributed by atoms with Crippen molar-refractivity contribution in [3.8, 4) is 11.5 Å². The summed E-state index contributed by atoms with van der Waals surface area (Å²) in [5.41, 5.74) is 1.63. The second-order valence-electron chi connectivity index (χ2n) is 6.33. The predicted molar refractivity (Wildman–Crippen MR) is 111 cm³/mol. The van der Waals surface area contributed by atoms with Crippen LogP contribution in [0.25, 0.3) is 0 Å². The zero-order valence-corrected chi connectivity index (χ0v) is 17.5. The molecule has 0 aliphatic heterocycles. The fourth-order valence-corrected chi connectivity index (χ4v) is 4.01. The molecule has 8 heteroatoms. The van der Waals surface area contributed by atoms with Crippen molar-refractivity contribution in [2.75, 3.05) is 29.6 Å². The number of anilines is 2. The lowest BCUT2D eigenvalue weighted by atomic mass is 10.2. The molecular weight excluding hydrogens is 380 g/mol. The Morgan fingerprint density at radius 3 is 2.46 bits per heavy atom. The number of hydrogen-bond donors (Lipinski definition) is 1. The molecule has 152 valence electrons. The Bertz CT molecular complexity index is 943. The first kappa shape index (κ1) is 21.6. The monoisotopic (exact) mass is 406 g/mol. The molecule has 0 aliphatic carbocycles. The standard InChI is InChI=1S/C20H26N2O5S/c1-6-27-18-10-8-7-9-16(18)21-20(23)15(3)22(28(5,24)25)17-13-14(2)11-12-19(17)26-4/h7-13,15H,6H2,1-5H3,(H,21,23)/t15-/m1/s1. The minimum atomic E-state index is -3.76. The number of aryl methyl sites for hydroxylation is 1. The number of benzene rings is 2. The van der Waals surface area contributed by atoms with Crippen LogP contribution in [0.1, 0.15) is 19.4 Å². The Balaban J connectivity index is 2.41. The van der Waals surface area contributed by atoms with Crippen molar-refractivity contribution in [3.63, 3.8) is 0 Å². The van der Waals surface area contributed by atoms with Crippen molar-refractivity contribution in [1.82, 2.24) is 0 Å². The van der Waals surface area contributed by atoms with Crippen molar-refractivity contribution >= 4 is 27.3 Å². The lowest BCUT2D eigenvalue weighted by molar-refractivity contribution is -0.116. The van der Waals surface area contributed by atoms with Crippen LogP contribution in [0.5, 0.6) is 11.5 Å². The van der Waals surface area contributed by atoms with Gasteiger partial charge in [-0.05, 0) is 50.6 Å². The fraction of sp³-hybridized carbons (Fsp3) is 0.350. The molecule has 0 fully saturated rings. The van der Waals surface area contributed by atoms with E-state index in [2.05, 4.69) is 5.32 Å². The summed E-state index contributed by atoms with van der Waals surface area (Å²) in [6, 6.07) is 11.2. The van der Waals surface area contributed by atoms with Gasteiger partial charge < -0.3 is 14.8 Å². The summed E-state index contributed by atoms with van der Waals surface area (Å²) in [4.78, 5) is 12.9. The molecule has 0 saturated carbocycles. The van der Waals surface area contributed by atoms with Crippen molar-refractivity contribution in [3.05, 3.63) is 48.0 Å². The van der Waals surface area contributed by atoms with Crippen molar-refractivity contribution in [2.45, 2.75) is 26.8 Å². The molecule has 0 radical (unpaired) electrons. The Labute approximate surface area is 166 Å². The zero-order valence-electron chi connectivity index (χ0n) is 16.7. The molecule has 28 heavy (non-hydrogen) atoms. The average Bonchev–Trinajstić information content (AvgIpc) is 2.62. The lowest BCUT2D eigenvalue weighted by Crippen LogP contribution is -2.45. The maximum Gasteiger partial charge on any atom is 0.248 e. The van der Waals surface area contributed by atoms with E-state index in [0.717, 1.165) is 16.1 Å². The van der Waals surface area contributed by atoms with E-state index in [-0.39, 0.29) is 0 Å². The minimum Gasteiger partial charge on any atom is -0.495 e. The van der Waals surface area contributed by atoms with Gasteiger partial charge in [0.1, 0.15) is 17.5 Å². The first-order chi connectivity index (χ1) is 13.2. The molecule has 1 atom stereocenters. The Kier molecular flexibility index (Phi) is 6.90. The Morgan fingerprint density at radius 2 is 1.86 bits per heavy atom.